The minimum absolute atomic E-state index is 0.293. The van der Waals surface area contributed by atoms with E-state index in [1.54, 1.807) is 7.11 Å². The monoisotopic (exact) mass is 258 g/mol. The Balaban J connectivity index is 2.10. The number of hydrogen-bond donors (Lipinski definition) is 2. The summed E-state index contributed by atoms with van der Waals surface area (Å²) in [6.07, 6.45) is 2.99. The highest BCUT2D eigenvalue weighted by molar-refractivity contribution is 5.85. The van der Waals surface area contributed by atoms with Gasteiger partial charge in [-0.05, 0) is 35.6 Å². The van der Waals surface area contributed by atoms with Crippen LogP contribution >= 0.6 is 0 Å². The number of methoxy groups -OCH3 is 1. The number of nitrogens with one attached hydrogen (secondary N) is 1. The van der Waals surface area contributed by atoms with E-state index in [0.29, 0.717) is 6.04 Å². The first-order chi connectivity index (χ1) is 9.35. The van der Waals surface area contributed by atoms with Gasteiger partial charge in [0.15, 0.2) is 0 Å². The van der Waals surface area contributed by atoms with Crippen LogP contribution in [0.5, 0.6) is 0 Å². The molecule has 3 nitrogen and oxygen atoms in total. The normalized spacial score (nSPS) is 12.7. The van der Waals surface area contributed by atoms with Crippen molar-refractivity contribution in [2.75, 3.05) is 13.7 Å². The lowest BCUT2D eigenvalue weighted by Gasteiger charge is -2.17. The van der Waals surface area contributed by atoms with Crippen molar-refractivity contribution in [2.24, 2.45) is 5.84 Å². The third-order valence-corrected chi connectivity index (χ3v) is 3.48. The van der Waals surface area contributed by atoms with Crippen LogP contribution in [0.2, 0.25) is 0 Å². The van der Waals surface area contributed by atoms with Gasteiger partial charge in [0.25, 0.3) is 0 Å². The Morgan fingerprint density at radius 2 is 1.95 bits per heavy atom. The number of hydrazine groups is 1. The first kappa shape index (κ1) is 14.0. The van der Waals surface area contributed by atoms with Gasteiger partial charge in [-0.25, -0.2) is 0 Å². The van der Waals surface area contributed by atoms with E-state index in [0.717, 1.165) is 25.9 Å². The average molecular weight is 258 g/mol. The second-order valence-corrected chi connectivity index (χ2v) is 4.84. The number of ether oxygens (including phenoxy) is 1. The zero-order valence-electron chi connectivity index (χ0n) is 11.4. The molecule has 0 heterocycles. The molecular weight excluding hydrogens is 236 g/mol. The lowest BCUT2D eigenvalue weighted by molar-refractivity contribution is 0.188. The van der Waals surface area contributed by atoms with Gasteiger partial charge in [0, 0.05) is 19.8 Å². The largest absolute Gasteiger partial charge is 0.385 e. The van der Waals surface area contributed by atoms with E-state index in [-0.39, 0.29) is 0 Å². The van der Waals surface area contributed by atoms with Crippen molar-refractivity contribution in [2.45, 2.75) is 25.3 Å². The molecule has 0 saturated heterocycles. The molecule has 0 saturated carbocycles. The van der Waals surface area contributed by atoms with Gasteiger partial charge in [0.05, 0.1) is 0 Å². The van der Waals surface area contributed by atoms with Crippen LogP contribution in [0, 0.1) is 0 Å². The van der Waals surface area contributed by atoms with Gasteiger partial charge >= 0.3 is 0 Å². The molecule has 0 aliphatic carbocycles. The maximum atomic E-state index is 5.66. The molecule has 3 heteroatoms. The second-order valence-electron chi connectivity index (χ2n) is 4.84. The fraction of sp³-hybridized carbons (Fsp3) is 0.375. The Hall–Kier alpha value is -1.42. The van der Waals surface area contributed by atoms with Gasteiger partial charge in [0.2, 0.25) is 0 Å². The summed E-state index contributed by atoms with van der Waals surface area (Å²) in [6.45, 7) is 0.785. The van der Waals surface area contributed by atoms with Crippen LogP contribution in [0.15, 0.2) is 42.5 Å². The molecule has 2 aromatic carbocycles. The van der Waals surface area contributed by atoms with Crippen molar-refractivity contribution in [3.05, 3.63) is 48.0 Å². The van der Waals surface area contributed by atoms with Gasteiger partial charge in [0.1, 0.15) is 0 Å². The molecule has 0 aliphatic rings. The molecule has 2 rings (SSSR count). The molecule has 0 radical (unpaired) electrons. The highest BCUT2D eigenvalue weighted by atomic mass is 16.5. The SMILES string of the molecule is COCCCC(Cc1cccc2ccccc12)NN. The molecule has 0 aromatic heterocycles. The minimum Gasteiger partial charge on any atom is -0.385 e. The summed E-state index contributed by atoms with van der Waals surface area (Å²) in [5, 5.41) is 2.60. The van der Waals surface area contributed by atoms with Crippen molar-refractivity contribution < 1.29 is 4.74 Å². The summed E-state index contributed by atoms with van der Waals surface area (Å²) in [7, 11) is 1.73. The fourth-order valence-electron chi connectivity index (χ4n) is 2.45. The van der Waals surface area contributed by atoms with E-state index >= 15 is 0 Å². The van der Waals surface area contributed by atoms with E-state index in [2.05, 4.69) is 47.9 Å². The lowest BCUT2D eigenvalue weighted by Crippen LogP contribution is -2.37. The van der Waals surface area contributed by atoms with Crippen LogP contribution < -0.4 is 11.3 Å². The summed E-state index contributed by atoms with van der Waals surface area (Å²) >= 11 is 0. The molecular formula is C16H22N2O. The van der Waals surface area contributed by atoms with E-state index in [9.17, 15) is 0 Å². The van der Waals surface area contributed by atoms with E-state index in [1.165, 1.54) is 16.3 Å². The van der Waals surface area contributed by atoms with Crippen molar-refractivity contribution in [1.29, 1.82) is 0 Å². The number of hydrogen-bond acceptors (Lipinski definition) is 3. The van der Waals surface area contributed by atoms with Crippen LogP contribution in [-0.4, -0.2) is 19.8 Å². The number of rotatable bonds is 7. The van der Waals surface area contributed by atoms with Crippen molar-refractivity contribution in [1.82, 2.24) is 5.43 Å². The van der Waals surface area contributed by atoms with Gasteiger partial charge in [-0.1, -0.05) is 42.5 Å². The number of benzene rings is 2. The average Bonchev–Trinajstić information content (AvgIpc) is 2.46. The summed E-state index contributed by atoms with van der Waals surface area (Å²) in [4.78, 5) is 0. The van der Waals surface area contributed by atoms with Crippen LogP contribution in [0.1, 0.15) is 18.4 Å². The van der Waals surface area contributed by atoms with E-state index in [1.807, 2.05) is 0 Å². The van der Waals surface area contributed by atoms with Crippen LogP contribution in [0.4, 0.5) is 0 Å². The maximum absolute atomic E-state index is 5.66. The zero-order chi connectivity index (χ0) is 13.5. The number of nitrogens with two attached hydrogens (primary N) is 1. The topological polar surface area (TPSA) is 47.3 Å². The third-order valence-electron chi connectivity index (χ3n) is 3.48. The van der Waals surface area contributed by atoms with Crippen molar-refractivity contribution >= 4 is 10.8 Å². The molecule has 102 valence electrons. The third kappa shape index (κ3) is 3.77. The molecule has 0 bridgehead atoms. The fourth-order valence-corrected chi connectivity index (χ4v) is 2.45. The van der Waals surface area contributed by atoms with Gasteiger partial charge < -0.3 is 4.74 Å². The number of fused-ring (bicyclic) bond motifs is 1. The Morgan fingerprint density at radius 3 is 2.74 bits per heavy atom. The van der Waals surface area contributed by atoms with E-state index < -0.39 is 0 Å². The second kappa shape index (κ2) is 7.24. The van der Waals surface area contributed by atoms with Gasteiger partial charge in [-0.3, -0.25) is 11.3 Å². The first-order valence-corrected chi connectivity index (χ1v) is 6.77. The summed E-state index contributed by atoms with van der Waals surface area (Å²) < 4.78 is 5.09. The zero-order valence-corrected chi connectivity index (χ0v) is 11.4. The lowest BCUT2D eigenvalue weighted by atomic mass is 9.97. The molecule has 2 aromatic rings. The molecule has 1 atom stereocenters. The van der Waals surface area contributed by atoms with Gasteiger partial charge in [-0.15, -0.1) is 0 Å². The molecule has 1 unspecified atom stereocenters. The standard InChI is InChI=1S/C16H22N2O/c1-19-11-5-9-15(18-17)12-14-8-4-7-13-6-2-3-10-16(13)14/h2-4,6-8,10,15,18H,5,9,11-12,17H2,1H3. The van der Waals surface area contributed by atoms with Crippen LogP contribution in [0.25, 0.3) is 10.8 Å². The minimum atomic E-state index is 0.293. The van der Waals surface area contributed by atoms with Crippen LogP contribution in [0.3, 0.4) is 0 Å². The van der Waals surface area contributed by atoms with E-state index in [4.69, 9.17) is 10.6 Å². The molecule has 3 N–H and O–H groups in total. The first-order valence-electron chi connectivity index (χ1n) is 6.77. The molecule has 19 heavy (non-hydrogen) atoms. The quantitative estimate of drug-likeness (QED) is 0.456. The van der Waals surface area contributed by atoms with Crippen molar-refractivity contribution in [3.63, 3.8) is 0 Å². The highest BCUT2D eigenvalue weighted by Gasteiger charge is 2.09. The Bertz CT molecular complexity index is 508. The molecule has 0 spiro atoms. The van der Waals surface area contributed by atoms with Crippen LogP contribution in [-0.2, 0) is 11.2 Å². The summed E-state index contributed by atoms with van der Waals surface area (Å²) in [6, 6.07) is 15.2. The Morgan fingerprint density at radius 1 is 1.16 bits per heavy atom. The van der Waals surface area contributed by atoms with Crippen molar-refractivity contribution in [3.8, 4) is 0 Å². The smallest absolute Gasteiger partial charge is 0.0462 e. The highest BCUT2D eigenvalue weighted by Crippen LogP contribution is 2.20. The Labute approximate surface area is 114 Å². The predicted molar refractivity (Wildman–Crippen MR) is 79.9 cm³/mol. The Kier molecular flexibility index (Phi) is 5.33. The summed E-state index contributed by atoms with van der Waals surface area (Å²) in [5.74, 6) is 5.66. The predicted octanol–water partition coefficient (Wildman–Crippen LogP) is 2.64. The maximum Gasteiger partial charge on any atom is 0.0462 e. The molecule has 0 fully saturated rings. The molecule has 0 aliphatic heterocycles. The molecule has 0 amide bonds. The van der Waals surface area contributed by atoms with Gasteiger partial charge in [-0.2, -0.15) is 0 Å². The summed E-state index contributed by atoms with van der Waals surface area (Å²) in [5.41, 5.74) is 4.26.